The van der Waals surface area contributed by atoms with Gasteiger partial charge in [0, 0.05) is 32.2 Å². The van der Waals surface area contributed by atoms with Gasteiger partial charge < -0.3 is 20.4 Å². The summed E-state index contributed by atoms with van der Waals surface area (Å²) in [6.07, 6.45) is 7.98. The van der Waals surface area contributed by atoms with Gasteiger partial charge in [0.2, 0.25) is 0 Å². The second-order valence-corrected chi connectivity index (χ2v) is 6.74. The maximum Gasteiger partial charge on any atom is 0.191 e. The van der Waals surface area contributed by atoms with E-state index in [2.05, 4.69) is 34.4 Å². The SMILES string of the molecule is CCNC(=NCCN1CCCN(C)CC1)NC1CCCCC1. The number of hydrogen-bond acceptors (Lipinski definition) is 3. The first kappa shape index (κ1) is 17.5. The maximum absolute atomic E-state index is 4.79. The van der Waals surface area contributed by atoms with Crippen LogP contribution in [0.4, 0.5) is 0 Å². The molecule has 0 amide bonds. The van der Waals surface area contributed by atoms with Crippen LogP contribution in [0.3, 0.4) is 0 Å². The minimum absolute atomic E-state index is 0.624. The summed E-state index contributed by atoms with van der Waals surface area (Å²) in [6, 6.07) is 0.624. The summed E-state index contributed by atoms with van der Waals surface area (Å²) in [7, 11) is 2.22. The molecular formula is C17H35N5. The molecule has 5 heteroatoms. The maximum atomic E-state index is 4.79. The Morgan fingerprint density at radius 2 is 1.86 bits per heavy atom. The molecule has 0 aromatic heterocycles. The molecule has 1 aliphatic heterocycles. The predicted molar refractivity (Wildman–Crippen MR) is 94.5 cm³/mol. The molecule has 5 nitrogen and oxygen atoms in total. The van der Waals surface area contributed by atoms with Crippen molar-refractivity contribution in [2.45, 2.75) is 51.5 Å². The lowest BCUT2D eigenvalue weighted by molar-refractivity contribution is 0.283. The van der Waals surface area contributed by atoms with Gasteiger partial charge in [-0.1, -0.05) is 19.3 Å². The number of nitrogens with zero attached hydrogens (tertiary/aromatic N) is 3. The molecule has 1 saturated carbocycles. The lowest BCUT2D eigenvalue weighted by Gasteiger charge is -2.25. The first-order valence-corrected chi connectivity index (χ1v) is 9.23. The Bertz CT molecular complexity index is 325. The van der Waals surface area contributed by atoms with E-state index in [1.54, 1.807) is 0 Å². The van der Waals surface area contributed by atoms with E-state index in [1.165, 1.54) is 64.7 Å². The topological polar surface area (TPSA) is 42.9 Å². The van der Waals surface area contributed by atoms with E-state index < -0.39 is 0 Å². The molecule has 1 heterocycles. The number of hydrogen-bond donors (Lipinski definition) is 2. The fourth-order valence-corrected chi connectivity index (χ4v) is 3.39. The van der Waals surface area contributed by atoms with Crippen molar-refractivity contribution in [1.29, 1.82) is 0 Å². The molecule has 2 N–H and O–H groups in total. The molecule has 1 saturated heterocycles. The Morgan fingerprint density at radius 1 is 1.05 bits per heavy atom. The molecule has 2 rings (SSSR count). The molecular weight excluding hydrogens is 274 g/mol. The normalized spacial score (nSPS) is 23.3. The van der Waals surface area contributed by atoms with Crippen LogP contribution in [0.25, 0.3) is 0 Å². The largest absolute Gasteiger partial charge is 0.357 e. The molecule has 22 heavy (non-hydrogen) atoms. The van der Waals surface area contributed by atoms with Gasteiger partial charge >= 0.3 is 0 Å². The number of nitrogens with one attached hydrogen (secondary N) is 2. The lowest BCUT2D eigenvalue weighted by atomic mass is 9.96. The summed E-state index contributed by atoms with van der Waals surface area (Å²) in [6.45, 7) is 9.86. The fraction of sp³-hybridized carbons (Fsp3) is 0.941. The number of rotatable bonds is 5. The lowest BCUT2D eigenvalue weighted by Crippen LogP contribution is -2.44. The smallest absolute Gasteiger partial charge is 0.191 e. The van der Waals surface area contributed by atoms with E-state index in [0.717, 1.165) is 25.6 Å². The molecule has 0 aromatic carbocycles. The Hall–Kier alpha value is -0.810. The quantitative estimate of drug-likeness (QED) is 0.597. The van der Waals surface area contributed by atoms with Crippen molar-refractivity contribution < 1.29 is 0 Å². The number of likely N-dealkylation sites (N-methyl/N-ethyl adjacent to an activating group) is 1. The second kappa shape index (κ2) is 10.1. The number of aliphatic imine (C=N–C) groups is 1. The van der Waals surface area contributed by atoms with Crippen LogP contribution in [0.2, 0.25) is 0 Å². The Kier molecular flexibility index (Phi) is 8.02. The average molecular weight is 310 g/mol. The van der Waals surface area contributed by atoms with E-state index in [0.29, 0.717) is 6.04 Å². The summed E-state index contributed by atoms with van der Waals surface area (Å²) in [5, 5.41) is 7.03. The highest BCUT2D eigenvalue weighted by Crippen LogP contribution is 2.17. The zero-order valence-corrected chi connectivity index (χ0v) is 14.6. The van der Waals surface area contributed by atoms with E-state index >= 15 is 0 Å². The van der Waals surface area contributed by atoms with Crippen LogP contribution < -0.4 is 10.6 Å². The molecule has 128 valence electrons. The van der Waals surface area contributed by atoms with Gasteiger partial charge in [-0.25, -0.2) is 0 Å². The molecule has 0 radical (unpaired) electrons. The van der Waals surface area contributed by atoms with Crippen molar-refractivity contribution in [3.8, 4) is 0 Å². The average Bonchev–Trinajstić information content (AvgIpc) is 2.73. The van der Waals surface area contributed by atoms with Crippen LogP contribution in [-0.4, -0.2) is 74.7 Å². The molecule has 0 bridgehead atoms. The summed E-state index contributed by atoms with van der Waals surface area (Å²) < 4.78 is 0. The van der Waals surface area contributed by atoms with Crippen molar-refractivity contribution >= 4 is 5.96 Å². The van der Waals surface area contributed by atoms with Crippen molar-refractivity contribution in [2.75, 3.05) is 52.9 Å². The first-order chi connectivity index (χ1) is 10.8. The van der Waals surface area contributed by atoms with Gasteiger partial charge in [-0.15, -0.1) is 0 Å². The van der Waals surface area contributed by atoms with E-state index in [4.69, 9.17) is 4.99 Å². The predicted octanol–water partition coefficient (Wildman–Crippen LogP) is 1.51. The van der Waals surface area contributed by atoms with E-state index in [9.17, 15) is 0 Å². The van der Waals surface area contributed by atoms with E-state index in [-0.39, 0.29) is 0 Å². The molecule has 2 aliphatic rings. The molecule has 2 fully saturated rings. The van der Waals surface area contributed by atoms with Crippen LogP contribution in [-0.2, 0) is 0 Å². The monoisotopic (exact) mass is 309 g/mol. The molecule has 0 atom stereocenters. The zero-order chi connectivity index (χ0) is 15.6. The fourth-order valence-electron chi connectivity index (χ4n) is 3.39. The van der Waals surface area contributed by atoms with Crippen molar-refractivity contribution in [1.82, 2.24) is 20.4 Å². The Morgan fingerprint density at radius 3 is 2.64 bits per heavy atom. The standard InChI is InChI=1S/C17H35N5/c1-3-18-17(20-16-8-5-4-6-9-16)19-10-13-22-12-7-11-21(2)14-15-22/h16H,3-15H2,1-2H3,(H2,18,19,20). The minimum Gasteiger partial charge on any atom is -0.357 e. The summed E-state index contributed by atoms with van der Waals surface area (Å²) in [5.74, 6) is 1.02. The van der Waals surface area contributed by atoms with Crippen molar-refractivity contribution in [3.63, 3.8) is 0 Å². The van der Waals surface area contributed by atoms with Crippen LogP contribution in [0.5, 0.6) is 0 Å². The Balaban J connectivity index is 1.74. The highest BCUT2D eigenvalue weighted by Gasteiger charge is 2.15. The highest BCUT2D eigenvalue weighted by molar-refractivity contribution is 5.80. The van der Waals surface area contributed by atoms with E-state index in [1.807, 2.05) is 0 Å². The summed E-state index contributed by atoms with van der Waals surface area (Å²) >= 11 is 0. The molecule has 0 unspecified atom stereocenters. The minimum atomic E-state index is 0.624. The molecule has 0 spiro atoms. The van der Waals surface area contributed by atoms with Gasteiger partial charge in [0.15, 0.2) is 5.96 Å². The van der Waals surface area contributed by atoms with Gasteiger partial charge in [0.05, 0.1) is 6.54 Å². The second-order valence-electron chi connectivity index (χ2n) is 6.74. The third-order valence-electron chi connectivity index (χ3n) is 4.79. The van der Waals surface area contributed by atoms with Crippen LogP contribution in [0.15, 0.2) is 4.99 Å². The van der Waals surface area contributed by atoms with Crippen molar-refractivity contribution in [2.24, 2.45) is 4.99 Å². The van der Waals surface area contributed by atoms with Gasteiger partial charge in [-0.3, -0.25) is 4.99 Å². The highest BCUT2D eigenvalue weighted by atomic mass is 15.2. The molecule has 1 aliphatic carbocycles. The van der Waals surface area contributed by atoms with Gasteiger partial charge in [-0.05, 0) is 46.3 Å². The third kappa shape index (κ3) is 6.53. The number of guanidine groups is 1. The molecule has 0 aromatic rings. The summed E-state index contributed by atoms with van der Waals surface area (Å²) in [4.78, 5) is 9.77. The van der Waals surface area contributed by atoms with Gasteiger partial charge in [0.25, 0.3) is 0 Å². The first-order valence-electron chi connectivity index (χ1n) is 9.23. The van der Waals surface area contributed by atoms with Crippen LogP contribution in [0, 0.1) is 0 Å². The van der Waals surface area contributed by atoms with Crippen LogP contribution >= 0.6 is 0 Å². The van der Waals surface area contributed by atoms with Gasteiger partial charge in [-0.2, -0.15) is 0 Å². The van der Waals surface area contributed by atoms with Crippen LogP contribution in [0.1, 0.15) is 45.4 Å². The van der Waals surface area contributed by atoms with Gasteiger partial charge in [0.1, 0.15) is 0 Å². The van der Waals surface area contributed by atoms with Crippen molar-refractivity contribution in [3.05, 3.63) is 0 Å². The zero-order valence-electron chi connectivity index (χ0n) is 14.6. The summed E-state index contributed by atoms with van der Waals surface area (Å²) in [5.41, 5.74) is 0. The third-order valence-corrected chi connectivity index (χ3v) is 4.79. The Labute approximate surface area is 136 Å².